The van der Waals surface area contributed by atoms with Crippen molar-refractivity contribution in [3.05, 3.63) is 58.4 Å². The summed E-state index contributed by atoms with van der Waals surface area (Å²) < 4.78 is 39.6. The molecular formula is C19H17ClF3NO2S. The van der Waals surface area contributed by atoms with E-state index in [-0.39, 0.29) is 22.6 Å². The van der Waals surface area contributed by atoms with Crippen molar-refractivity contribution in [3.63, 3.8) is 0 Å². The fraction of sp³-hybridized carbons (Fsp3) is 0.316. The van der Waals surface area contributed by atoms with Gasteiger partial charge >= 0.3 is 0 Å². The van der Waals surface area contributed by atoms with Gasteiger partial charge < -0.3 is 10.4 Å². The second-order valence-electron chi connectivity index (χ2n) is 6.56. The van der Waals surface area contributed by atoms with Gasteiger partial charge in [0.05, 0.1) is 11.1 Å². The van der Waals surface area contributed by atoms with Crippen LogP contribution in [0.15, 0.2) is 35.2 Å². The van der Waals surface area contributed by atoms with Crippen LogP contribution in [0.1, 0.15) is 30.1 Å². The Morgan fingerprint density at radius 2 is 1.85 bits per heavy atom. The SMILES string of the molecule is CC(Sc1cc(C(=O)Nc2cc(F)c(F)c(F)c2)ccc1Cl)C1CC(O)C1. The van der Waals surface area contributed by atoms with E-state index in [4.69, 9.17) is 11.6 Å². The molecule has 0 radical (unpaired) electrons. The van der Waals surface area contributed by atoms with Gasteiger partial charge in [0, 0.05) is 33.5 Å². The summed E-state index contributed by atoms with van der Waals surface area (Å²) in [5.41, 5.74) is 0.0743. The summed E-state index contributed by atoms with van der Waals surface area (Å²) in [5, 5.41) is 12.5. The maximum absolute atomic E-state index is 13.3. The number of halogens is 4. The second-order valence-corrected chi connectivity index (χ2v) is 8.39. The van der Waals surface area contributed by atoms with Crippen LogP contribution in [-0.4, -0.2) is 22.4 Å². The summed E-state index contributed by atoms with van der Waals surface area (Å²) in [6.07, 6.45) is 1.24. The third-order valence-corrected chi connectivity index (χ3v) is 6.35. The van der Waals surface area contributed by atoms with E-state index in [2.05, 4.69) is 5.32 Å². The molecule has 1 fully saturated rings. The van der Waals surface area contributed by atoms with Crippen LogP contribution in [0, 0.1) is 23.4 Å². The van der Waals surface area contributed by atoms with Gasteiger partial charge in [-0.1, -0.05) is 18.5 Å². The number of aliphatic hydroxyl groups excluding tert-OH is 1. The Balaban J connectivity index is 1.73. The monoisotopic (exact) mass is 415 g/mol. The molecule has 1 saturated carbocycles. The Bertz CT molecular complexity index is 851. The highest BCUT2D eigenvalue weighted by atomic mass is 35.5. The molecule has 0 aromatic heterocycles. The van der Waals surface area contributed by atoms with Crippen LogP contribution in [0.2, 0.25) is 5.02 Å². The molecule has 1 atom stereocenters. The molecular weight excluding hydrogens is 399 g/mol. The van der Waals surface area contributed by atoms with Crippen LogP contribution >= 0.6 is 23.4 Å². The van der Waals surface area contributed by atoms with E-state index in [9.17, 15) is 23.1 Å². The minimum Gasteiger partial charge on any atom is -0.393 e. The number of thioether (sulfide) groups is 1. The van der Waals surface area contributed by atoms with E-state index in [1.807, 2.05) is 6.92 Å². The fourth-order valence-corrected chi connectivity index (χ4v) is 4.32. The Kier molecular flexibility index (Phi) is 6.03. The maximum Gasteiger partial charge on any atom is 0.255 e. The van der Waals surface area contributed by atoms with Gasteiger partial charge in [-0.2, -0.15) is 0 Å². The van der Waals surface area contributed by atoms with Gasteiger partial charge in [-0.25, -0.2) is 13.2 Å². The van der Waals surface area contributed by atoms with Crippen LogP contribution in [0.5, 0.6) is 0 Å². The Morgan fingerprint density at radius 1 is 1.22 bits per heavy atom. The van der Waals surface area contributed by atoms with Gasteiger partial charge in [-0.15, -0.1) is 11.8 Å². The second kappa shape index (κ2) is 8.12. The van der Waals surface area contributed by atoms with Gasteiger partial charge in [-0.3, -0.25) is 4.79 Å². The lowest BCUT2D eigenvalue weighted by Crippen LogP contribution is -2.34. The average molecular weight is 416 g/mol. The summed E-state index contributed by atoms with van der Waals surface area (Å²) in [4.78, 5) is 13.1. The van der Waals surface area contributed by atoms with Crippen molar-refractivity contribution < 1.29 is 23.1 Å². The highest BCUT2D eigenvalue weighted by Gasteiger charge is 2.32. The van der Waals surface area contributed by atoms with Crippen LogP contribution in [0.4, 0.5) is 18.9 Å². The van der Waals surface area contributed by atoms with E-state index < -0.39 is 23.4 Å². The smallest absolute Gasteiger partial charge is 0.255 e. The molecule has 2 aromatic carbocycles. The van der Waals surface area contributed by atoms with Crippen molar-refractivity contribution in [3.8, 4) is 0 Å². The van der Waals surface area contributed by atoms with Crippen molar-refractivity contribution in [2.45, 2.75) is 36.0 Å². The standard InChI is InChI=1S/C19H17ClF3NO2S/c1-9(11-4-13(25)5-11)27-17-6-10(2-3-14(17)20)19(26)24-12-7-15(21)18(23)16(22)8-12/h2-3,6-9,11,13,25H,4-5H2,1H3,(H,24,26). The minimum atomic E-state index is -1.59. The first-order chi connectivity index (χ1) is 12.7. The molecule has 0 spiro atoms. The molecule has 0 aliphatic heterocycles. The molecule has 3 nitrogen and oxygen atoms in total. The number of anilines is 1. The van der Waals surface area contributed by atoms with Crippen molar-refractivity contribution in [1.82, 2.24) is 0 Å². The Morgan fingerprint density at radius 3 is 2.44 bits per heavy atom. The molecule has 0 bridgehead atoms. The molecule has 1 aliphatic carbocycles. The molecule has 1 aliphatic rings. The number of aliphatic hydroxyl groups is 1. The molecule has 3 rings (SSSR count). The topological polar surface area (TPSA) is 49.3 Å². The van der Waals surface area contributed by atoms with Crippen LogP contribution in [0.25, 0.3) is 0 Å². The number of benzene rings is 2. The van der Waals surface area contributed by atoms with Crippen molar-refractivity contribution in [2.24, 2.45) is 5.92 Å². The number of amides is 1. The number of carbonyl (C=O) groups is 1. The lowest BCUT2D eigenvalue weighted by Gasteiger charge is -2.35. The minimum absolute atomic E-state index is 0.183. The van der Waals surface area contributed by atoms with E-state index >= 15 is 0 Å². The molecule has 1 unspecified atom stereocenters. The molecule has 2 aromatic rings. The summed E-state index contributed by atoms with van der Waals surface area (Å²) >= 11 is 7.72. The Hall–Kier alpha value is -1.70. The van der Waals surface area contributed by atoms with E-state index in [0.29, 0.717) is 28.0 Å². The molecule has 1 amide bonds. The highest BCUT2D eigenvalue weighted by molar-refractivity contribution is 8.00. The lowest BCUT2D eigenvalue weighted by atomic mass is 9.80. The van der Waals surface area contributed by atoms with Crippen LogP contribution in [-0.2, 0) is 0 Å². The largest absolute Gasteiger partial charge is 0.393 e. The molecule has 0 saturated heterocycles. The number of hydrogen-bond acceptors (Lipinski definition) is 3. The normalized spacial score (nSPS) is 20.1. The van der Waals surface area contributed by atoms with Gasteiger partial charge in [-0.05, 0) is 37.0 Å². The van der Waals surface area contributed by atoms with Gasteiger partial charge in [0.25, 0.3) is 5.91 Å². The average Bonchev–Trinajstić information content (AvgIpc) is 2.58. The molecule has 8 heteroatoms. The summed E-state index contributed by atoms with van der Waals surface area (Å²) in [7, 11) is 0. The van der Waals surface area contributed by atoms with Crippen LogP contribution in [0.3, 0.4) is 0 Å². The van der Waals surface area contributed by atoms with Crippen molar-refractivity contribution in [1.29, 1.82) is 0 Å². The first kappa shape index (κ1) is 20.0. The quantitative estimate of drug-likeness (QED) is 0.517. The van der Waals surface area contributed by atoms with Crippen LogP contribution < -0.4 is 5.32 Å². The zero-order valence-corrected chi connectivity index (χ0v) is 15.9. The third-order valence-electron chi connectivity index (χ3n) is 4.56. The third kappa shape index (κ3) is 4.59. The molecule has 0 heterocycles. The molecule has 27 heavy (non-hydrogen) atoms. The van der Waals surface area contributed by atoms with Gasteiger partial charge in [0.1, 0.15) is 0 Å². The van der Waals surface area contributed by atoms with E-state index in [0.717, 1.165) is 12.8 Å². The van der Waals surface area contributed by atoms with Crippen molar-refractivity contribution in [2.75, 3.05) is 5.32 Å². The summed E-state index contributed by atoms with van der Waals surface area (Å²) in [6.45, 7) is 2.04. The Labute approximate surface area is 163 Å². The lowest BCUT2D eigenvalue weighted by molar-refractivity contribution is 0.0439. The molecule has 2 N–H and O–H groups in total. The summed E-state index contributed by atoms with van der Waals surface area (Å²) in [6, 6.07) is 6.10. The summed E-state index contributed by atoms with van der Waals surface area (Å²) in [5.74, 6) is -4.56. The van der Waals surface area contributed by atoms with Gasteiger partial charge in [0.15, 0.2) is 17.5 Å². The number of hydrogen-bond donors (Lipinski definition) is 2. The number of carbonyl (C=O) groups excluding carboxylic acids is 1. The fourth-order valence-electron chi connectivity index (χ4n) is 2.88. The first-order valence-corrected chi connectivity index (χ1v) is 9.60. The van der Waals surface area contributed by atoms with E-state index in [1.54, 1.807) is 12.1 Å². The molecule has 144 valence electrons. The zero-order chi connectivity index (χ0) is 19.7. The number of rotatable bonds is 5. The highest BCUT2D eigenvalue weighted by Crippen LogP contribution is 2.41. The number of nitrogens with one attached hydrogen (secondary N) is 1. The van der Waals surface area contributed by atoms with E-state index in [1.165, 1.54) is 17.8 Å². The predicted molar refractivity (Wildman–Crippen MR) is 99.8 cm³/mol. The predicted octanol–water partition coefficient (Wildman–Crippen LogP) is 5.26. The van der Waals surface area contributed by atoms with Gasteiger partial charge in [0.2, 0.25) is 0 Å². The maximum atomic E-state index is 13.3. The zero-order valence-electron chi connectivity index (χ0n) is 14.3. The first-order valence-electron chi connectivity index (χ1n) is 8.34. The van der Waals surface area contributed by atoms with Crippen molar-refractivity contribution >= 4 is 35.0 Å².